The summed E-state index contributed by atoms with van der Waals surface area (Å²) < 4.78 is 5.37. The molecule has 2 amide bonds. The van der Waals surface area contributed by atoms with Gasteiger partial charge in [0.05, 0.1) is 35.8 Å². The van der Waals surface area contributed by atoms with Crippen molar-refractivity contribution in [2.24, 2.45) is 11.8 Å². The Kier molecular flexibility index (Phi) is 5.87. The quantitative estimate of drug-likeness (QED) is 0.604. The number of fused-ring (bicyclic) bond motifs is 1. The number of nitrogens with zero attached hydrogens (tertiary/aromatic N) is 2. The predicted molar refractivity (Wildman–Crippen MR) is 120 cm³/mol. The maximum absolute atomic E-state index is 13.1. The monoisotopic (exact) mass is 440 g/mol. The van der Waals surface area contributed by atoms with Gasteiger partial charge in [0.2, 0.25) is 11.8 Å². The van der Waals surface area contributed by atoms with Gasteiger partial charge in [0.1, 0.15) is 11.6 Å². The number of carbonyl (C=O) groups excluding carboxylic acids is 2. The smallest absolute Gasteiger partial charge is 0.227 e. The van der Waals surface area contributed by atoms with Crippen LogP contribution in [-0.2, 0) is 9.59 Å². The molecule has 31 heavy (non-hydrogen) atoms. The lowest BCUT2D eigenvalue weighted by Gasteiger charge is -2.23. The van der Waals surface area contributed by atoms with Gasteiger partial charge in [-0.25, -0.2) is 4.98 Å². The van der Waals surface area contributed by atoms with Crippen LogP contribution in [-0.4, -0.2) is 35.4 Å². The molecule has 2 unspecified atom stereocenters. The molecule has 1 saturated heterocycles. The summed E-state index contributed by atoms with van der Waals surface area (Å²) in [6, 6.07) is 12.6. The highest BCUT2D eigenvalue weighted by Crippen LogP contribution is 2.35. The standard InChI is InChI=1S/C23H25ClN4O3/c1-13(2)21(22-25-16-6-4-5-7-17(16)26-22)27-23(30)14-10-20(29)28(12-14)18-11-15(24)8-9-19(18)31-3/h4-9,11,13-14,21H,10,12H2,1-3H3,(H,25,26)(H,27,30). The van der Waals surface area contributed by atoms with Crippen molar-refractivity contribution in [3.05, 3.63) is 53.3 Å². The number of ether oxygens (including phenoxy) is 1. The number of rotatable bonds is 6. The van der Waals surface area contributed by atoms with Gasteiger partial charge >= 0.3 is 0 Å². The third kappa shape index (κ3) is 4.23. The maximum Gasteiger partial charge on any atom is 0.227 e. The molecule has 1 fully saturated rings. The van der Waals surface area contributed by atoms with Gasteiger partial charge in [-0.05, 0) is 36.2 Å². The first-order valence-corrected chi connectivity index (χ1v) is 10.6. The van der Waals surface area contributed by atoms with Gasteiger partial charge in [-0.15, -0.1) is 0 Å². The van der Waals surface area contributed by atoms with Crippen LogP contribution in [0, 0.1) is 11.8 Å². The zero-order chi connectivity index (χ0) is 22.1. The van der Waals surface area contributed by atoms with Crippen molar-refractivity contribution in [1.82, 2.24) is 15.3 Å². The van der Waals surface area contributed by atoms with Crippen molar-refractivity contribution in [3.8, 4) is 5.75 Å². The molecule has 0 saturated carbocycles. The minimum atomic E-state index is -0.471. The summed E-state index contributed by atoms with van der Waals surface area (Å²) in [5.74, 6) is 0.595. The van der Waals surface area contributed by atoms with E-state index in [1.807, 2.05) is 38.1 Å². The fraction of sp³-hybridized carbons (Fsp3) is 0.348. The van der Waals surface area contributed by atoms with E-state index in [4.69, 9.17) is 16.3 Å². The van der Waals surface area contributed by atoms with Crippen molar-refractivity contribution < 1.29 is 14.3 Å². The van der Waals surface area contributed by atoms with Crippen molar-refractivity contribution in [1.29, 1.82) is 0 Å². The number of aromatic nitrogens is 2. The first-order chi connectivity index (χ1) is 14.9. The van der Waals surface area contributed by atoms with Crippen LogP contribution in [0.5, 0.6) is 5.75 Å². The molecular weight excluding hydrogens is 416 g/mol. The molecule has 2 aromatic carbocycles. The molecule has 2 atom stereocenters. The molecule has 1 aliphatic rings. The summed E-state index contributed by atoms with van der Waals surface area (Å²) in [7, 11) is 1.54. The highest BCUT2D eigenvalue weighted by molar-refractivity contribution is 6.31. The highest BCUT2D eigenvalue weighted by atomic mass is 35.5. The zero-order valence-corrected chi connectivity index (χ0v) is 18.4. The molecule has 162 valence electrons. The van der Waals surface area contributed by atoms with Crippen LogP contribution in [0.1, 0.15) is 32.1 Å². The second kappa shape index (κ2) is 8.59. The molecule has 0 aliphatic carbocycles. The van der Waals surface area contributed by atoms with Gasteiger partial charge in [0.15, 0.2) is 0 Å². The molecule has 4 rings (SSSR count). The molecule has 0 spiro atoms. The molecule has 8 heteroatoms. The van der Waals surface area contributed by atoms with E-state index in [9.17, 15) is 9.59 Å². The molecule has 2 heterocycles. The van der Waals surface area contributed by atoms with Crippen LogP contribution in [0.2, 0.25) is 5.02 Å². The lowest BCUT2D eigenvalue weighted by atomic mass is 10.0. The third-order valence-corrected chi connectivity index (χ3v) is 5.83. The van der Waals surface area contributed by atoms with Gasteiger partial charge in [0, 0.05) is 18.0 Å². The Bertz CT molecular complexity index is 1090. The number of hydrogen-bond acceptors (Lipinski definition) is 4. The van der Waals surface area contributed by atoms with E-state index < -0.39 is 5.92 Å². The predicted octanol–water partition coefficient (Wildman–Crippen LogP) is 4.09. The Morgan fingerprint density at radius 3 is 2.77 bits per heavy atom. The topological polar surface area (TPSA) is 87.3 Å². The Morgan fingerprint density at radius 1 is 1.29 bits per heavy atom. The SMILES string of the molecule is COc1ccc(Cl)cc1N1CC(C(=O)NC(c2nc3ccccc3[nH]2)C(C)C)CC1=O. The number of benzene rings is 2. The second-order valence-corrected chi connectivity index (χ2v) is 8.53. The average molecular weight is 441 g/mol. The summed E-state index contributed by atoms with van der Waals surface area (Å²) >= 11 is 6.12. The number of halogens is 1. The Hall–Kier alpha value is -3.06. The Morgan fingerprint density at radius 2 is 2.06 bits per heavy atom. The van der Waals surface area contributed by atoms with Crippen LogP contribution in [0.4, 0.5) is 5.69 Å². The normalized spacial score (nSPS) is 17.4. The third-order valence-electron chi connectivity index (χ3n) is 5.59. The first kappa shape index (κ1) is 21.2. The van der Waals surface area contributed by atoms with Gasteiger partial charge in [0.25, 0.3) is 0 Å². The number of H-pyrrole nitrogens is 1. The second-order valence-electron chi connectivity index (χ2n) is 8.09. The van der Waals surface area contributed by atoms with Crippen molar-refractivity contribution >= 4 is 40.1 Å². The molecule has 7 nitrogen and oxygen atoms in total. The molecule has 1 aliphatic heterocycles. The van der Waals surface area contributed by atoms with Gasteiger partial charge < -0.3 is 19.9 Å². The number of hydrogen-bond donors (Lipinski definition) is 2. The van der Waals surface area contributed by atoms with E-state index in [-0.39, 0.29) is 36.7 Å². The maximum atomic E-state index is 13.1. The summed E-state index contributed by atoms with van der Waals surface area (Å²) in [6.07, 6.45) is 0.131. The van der Waals surface area contributed by atoms with E-state index in [0.717, 1.165) is 11.0 Å². The first-order valence-electron chi connectivity index (χ1n) is 10.3. The fourth-order valence-corrected chi connectivity index (χ4v) is 4.10. The molecule has 3 aromatic rings. The van der Waals surface area contributed by atoms with Gasteiger partial charge in [-0.1, -0.05) is 37.6 Å². The number of carbonyl (C=O) groups is 2. The minimum absolute atomic E-state index is 0.116. The molecular formula is C23H25ClN4O3. The molecule has 1 aromatic heterocycles. The number of amides is 2. The lowest BCUT2D eigenvalue weighted by Crippen LogP contribution is -2.38. The molecule has 0 radical (unpaired) electrons. The van der Waals surface area contributed by atoms with Crippen LogP contribution < -0.4 is 15.0 Å². The number of para-hydroxylation sites is 2. The van der Waals surface area contributed by atoms with Crippen LogP contribution in [0.25, 0.3) is 11.0 Å². The molecule has 2 N–H and O–H groups in total. The van der Waals surface area contributed by atoms with Gasteiger partial charge in [-0.2, -0.15) is 0 Å². The minimum Gasteiger partial charge on any atom is -0.495 e. The van der Waals surface area contributed by atoms with E-state index in [1.54, 1.807) is 23.1 Å². The van der Waals surface area contributed by atoms with Crippen molar-refractivity contribution in [2.45, 2.75) is 26.3 Å². The average Bonchev–Trinajstić information content (AvgIpc) is 3.35. The van der Waals surface area contributed by atoms with Crippen LogP contribution in [0.3, 0.4) is 0 Å². The van der Waals surface area contributed by atoms with E-state index in [0.29, 0.717) is 22.3 Å². The summed E-state index contributed by atoms with van der Waals surface area (Å²) in [5.41, 5.74) is 2.35. The van der Waals surface area contributed by atoms with Crippen molar-refractivity contribution in [3.63, 3.8) is 0 Å². The number of aromatic amines is 1. The number of methoxy groups -OCH3 is 1. The zero-order valence-electron chi connectivity index (χ0n) is 17.7. The summed E-state index contributed by atoms with van der Waals surface area (Å²) in [6.45, 7) is 4.33. The van der Waals surface area contributed by atoms with Crippen molar-refractivity contribution in [2.75, 3.05) is 18.6 Å². The fourth-order valence-electron chi connectivity index (χ4n) is 3.93. The Labute approximate surface area is 185 Å². The molecule has 0 bridgehead atoms. The van der Waals surface area contributed by atoms with E-state index in [1.165, 1.54) is 7.11 Å². The lowest BCUT2D eigenvalue weighted by molar-refractivity contribution is -0.127. The number of imidazole rings is 1. The number of nitrogens with one attached hydrogen (secondary N) is 2. The largest absolute Gasteiger partial charge is 0.495 e. The highest BCUT2D eigenvalue weighted by Gasteiger charge is 2.37. The van der Waals surface area contributed by atoms with Gasteiger partial charge in [-0.3, -0.25) is 9.59 Å². The summed E-state index contributed by atoms with van der Waals surface area (Å²) in [5, 5.41) is 3.60. The van der Waals surface area contributed by atoms with E-state index >= 15 is 0 Å². The van der Waals surface area contributed by atoms with Crippen LogP contribution >= 0.6 is 11.6 Å². The summed E-state index contributed by atoms with van der Waals surface area (Å²) in [4.78, 5) is 35.3. The number of anilines is 1. The van der Waals surface area contributed by atoms with E-state index in [2.05, 4.69) is 15.3 Å². The van der Waals surface area contributed by atoms with Crippen LogP contribution in [0.15, 0.2) is 42.5 Å². The Balaban J connectivity index is 1.52.